The lowest BCUT2D eigenvalue weighted by atomic mass is 10.2. The van der Waals surface area contributed by atoms with E-state index in [-0.39, 0.29) is 23.9 Å². The molecule has 9 heteroatoms. The van der Waals surface area contributed by atoms with Crippen LogP contribution in [0.2, 0.25) is 0 Å². The Morgan fingerprint density at radius 1 is 1.12 bits per heavy atom. The molecule has 0 atom stereocenters. The highest BCUT2D eigenvalue weighted by Gasteiger charge is 2.34. The van der Waals surface area contributed by atoms with Crippen molar-refractivity contribution in [2.24, 2.45) is 14.1 Å². The Labute approximate surface area is 147 Å². The largest absolute Gasteiger partial charge is 0.356 e. The van der Waals surface area contributed by atoms with Crippen LogP contribution < -0.4 is 0 Å². The fourth-order valence-electron chi connectivity index (χ4n) is 3.20. The van der Waals surface area contributed by atoms with Crippen LogP contribution >= 0.6 is 0 Å². The first-order chi connectivity index (χ1) is 11.7. The average Bonchev–Trinajstić information content (AvgIpc) is 3.10. The Bertz CT molecular complexity index is 904. The van der Waals surface area contributed by atoms with Crippen LogP contribution in [0.1, 0.15) is 21.7 Å². The number of hydrogen-bond acceptors (Lipinski definition) is 4. The van der Waals surface area contributed by atoms with Crippen LogP contribution in [0.5, 0.6) is 0 Å². The number of hydrogen-bond donors (Lipinski definition) is 0. The maximum Gasteiger partial charge on any atom is 0.255 e. The molecule has 0 spiro atoms. The first-order valence-electron chi connectivity index (χ1n) is 8.13. The second kappa shape index (κ2) is 6.30. The lowest BCUT2D eigenvalue weighted by Crippen LogP contribution is -2.50. The SMILES string of the molecule is Cc1nn(C)c(C)c1S(=O)(=O)N1CCN(C(=O)c2ccn(C)c2)CC1. The highest BCUT2D eigenvalue weighted by atomic mass is 32.2. The van der Waals surface area contributed by atoms with Crippen molar-refractivity contribution in [1.29, 1.82) is 0 Å². The third kappa shape index (κ3) is 3.09. The molecular formula is C16H23N5O3S. The third-order valence-corrected chi connectivity index (χ3v) is 6.80. The molecule has 0 bridgehead atoms. The van der Waals surface area contributed by atoms with Gasteiger partial charge in [-0.2, -0.15) is 9.40 Å². The van der Waals surface area contributed by atoms with Crippen molar-refractivity contribution >= 4 is 15.9 Å². The van der Waals surface area contributed by atoms with Crippen LogP contribution in [0, 0.1) is 13.8 Å². The van der Waals surface area contributed by atoms with Crippen LogP contribution in [0.3, 0.4) is 0 Å². The van der Waals surface area contributed by atoms with E-state index in [1.54, 1.807) is 42.7 Å². The summed E-state index contributed by atoms with van der Waals surface area (Å²) < 4.78 is 30.8. The molecule has 1 fully saturated rings. The second-order valence-electron chi connectivity index (χ2n) is 6.39. The predicted molar refractivity (Wildman–Crippen MR) is 92.8 cm³/mol. The summed E-state index contributed by atoms with van der Waals surface area (Å²) in [5.74, 6) is -0.0635. The van der Waals surface area contributed by atoms with Crippen LogP contribution in [0.15, 0.2) is 23.4 Å². The molecule has 8 nitrogen and oxygen atoms in total. The molecule has 2 aromatic heterocycles. The van der Waals surface area contributed by atoms with Crippen LogP contribution in [0.4, 0.5) is 0 Å². The Morgan fingerprint density at radius 2 is 1.76 bits per heavy atom. The standard InChI is InChI=1S/C16H23N5O3S/c1-12-15(13(2)19(4)17-12)25(23,24)21-9-7-20(8-10-21)16(22)14-5-6-18(3)11-14/h5-6,11H,7-10H2,1-4H3. The van der Waals surface area contributed by atoms with Crippen molar-refractivity contribution in [2.75, 3.05) is 26.2 Å². The summed E-state index contributed by atoms with van der Waals surface area (Å²) in [4.78, 5) is 14.5. The van der Waals surface area contributed by atoms with E-state index in [1.165, 1.54) is 4.31 Å². The summed E-state index contributed by atoms with van der Waals surface area (Å²) in [6.45, 7) is 4.79. The number of rotatable bonds is 3. The first kappa shape index (κ1) is 17.7. The van der Waals surface area contributed by atoms with Crippen LogP contribution in [-0.2, 0) is 24.1 Å². The van der Waals surface area contributed by atoms with Crippen molar-refractivity contribution in [3.05, 3.63) is 35.4 Å². The molecule has 0 aromatic carbocycles. The second-order valence-corrected chi connectivity index (χ2v) is 8.26. The van der Waals surface area contributed by atoms with E-state index >= 15 is 0 Å². The molecule has 1 amide bonds. The monoisotopic (exact) mass is 365 g/mol. The Kier molecular flexibility index (Phi) is 4.46. The van der Waals surface area contributed by atoms with Gasteiger partial charge in [0, 0.05) is 52.7 Å². The minimum absolute atomic E-state index is 0.0635. The summed E-state index contributed by atoms with van der Waals surface area (Å²) in [6, 6.07) is 1.77. The van der Waals surface area contributed by atoms with Gasteiger partial charge >= 0.3 is 0 Å². The minimum Gasteiger partial charge on any atom is -0.356 e. The number of carbonyl (C=O) groups is 1. The molecule has 0 saturated carbocycles. The zero-order chi connectivity index (χ0) is 18.4. The smallest absolute Gasteiger partial charge is 0.255 e. The molecule has 1 aliphatic heterocycles. The van der Waals surface area contributed by atoms with E-state index in [1.807, 2.05) is 17.8 Å². The molecule has 3 rings (SSSR count). The number of amides is 1. The van der Waals surface area contributed by atoms with Gasteiger partial charge in [0.25, 0.3) is 5.91 Å². The highest BCUT2D eigenvalue weighted by molar-refractivity contribution is 7.89. The number of sulfonamides is 1. The van der Waals surface area contributed by atoms with Gasteiger partial charge in [-0.3, -0.25) is 9.48 Å². The van der Waals surface area contributed by atoms with E-state index in [0.717, 1.165) is 0 Å². The summed E-state index contributed by atoms with van der Waals surface area (Å²) >= 11 is 0. The molecule has 0 unspecified atom stereocenters. The van der Waals surface area contributed by atoms with Crippen molar-refractivity contribution in [3.63, 3.8) is 0 Å². The molecule has 136 valence electrons. The zero-order valence-electron chi connectivity index (χ0n) is 14.9. The quantitative estimate of drug-likeness (QED) is 0.794. The van der Waals surface area contributed by atoms with Gasteiger partial charge in [-0.25, -0.2) is 8.42 Å². The highest BCUT2D eigenvalue weighted by Crippen LogP contribution is 2.24. The lowest BCUT2D eigenvalue weighted by Gasteiger charge is -2.33. The maximum atomic E-state index is 13.0. The summed E-state index contributed by atoms with van der Waals surface area (Å²) in [5, 5.41) is 4.20. The van der Waals surface area contributed by atoms with Gasteiger partial charge in [-0.15, -0.1) is 0 Å². The Morgan fingerprint density at radius 3 is 2.24 bits per heavy atom. The van der Waals surface area contributed by atoms with Gasteiger partial charge in [0.2, 0.25) is 10.0 Å². The fourth-order valence-corrected chi connectivity index (χ4v) is 5.02. The summed E-state index contributed by atoms with van der Waals surface area (Å²) in [5.41, 5.74) is 1.75. The van der Waals surface area contributed by atoms with E-state index < -0.39 is 10.0 Å². The van der Waals surface area contributed by atoms with E-state index in [2.05, 4.69) is 5.10 Å². The predicted octanol–water partition coefficient (Wildman–Crippen LogP) is 0.522. The number of nitrogens with zero attached hydrogens (tertiary/aromatic N) is 5. The van der Waals surface area contributed by atoms with E-state index in [9.17, 15) is 13.2 Å². The Balaban J connectivity index is 1.74. The molecule has 0 aliphatic carbocycles. The Hall–Kier alpha value is -2.13. The van der Waals surface area contributed by atoms with Crippen molar-refractivity contribution in [1.82, 2.24) is 23.6 Å². The van der Waals surface area contributed by atoms with Crippen molar-refractivity contribution in [2.45, 2.75) is 18.7 Å². The van der Waals surface area contributed by atoms with Gasteiger partial charge < -0.3 is 9.47 Å². The number of aromatic nitrogens is 3. The molecule has 0 radical (unpaired) electrons. The molecule has 1 saturated heterocycles. The minimum atomic E-state index is -3.60. The summed E-state index contributed by atoms with van der Waals surface area (Å²) in [6.07, 6.45) is 3.59. The molecule has 0 N–H and O–H groups in total. The molecule has 25 heavy (non-hydrogen) atoms. The van der Waals surface area contributed by atoms with Crippen LogP contribution in [0.25, 0.3) is 0 Å². The topological polar surface area (TPSA) is 80.4 Å². The summed E-state index contributed by atoms with van der Waals surface area (Å²) in [7, 11) is -0.00936. The average molecular weight is 365 g/mol. The van der Waals surface area contributed by atoms with Crippen LogP contribution in [-0.4, -0.2) is 64.1 Å². The van der Waals surface area contributed by atoms with Crippen molar-refractivity contribution < 1.29 is 13.2 Å². The maximum absolute atomic E-state index is 13.0. The fraction of sp³-hybridized carbons (Fsp3) is 0.500. The first-order valence-corrected chi connectivity index (χ1v) is 9.57. The number of carbonyl (C=O) groups excluding carboxylic acids is 1. The van der Waals surface area contributed by atoms with E-state index in [4.69, 9.17) is 0 Å². The normalized spacial score (nSPS) is 16.4. The number of piperazine rings is 1. The molecule has 1 aliphatic rings. The molecular weight excluding hydrogens is 342 g/mol. The zero-order valence-corrected chi connectivity index (χ0v) is 15.7. The van der Waals surface area contributed by atoms with Crippen molar-refractivity contribution in [3.8, 4) is 0 Å². The molecule has 2 aromatic rings. The van der Waals surface area contributed by atoms with Gasteiger partial charge in [0.05, 0.1) is 17.0 Å². The molecule has 3 heterocycles. The van der Waals surface area contributed by atoms with Gasteiger partial charge in [-0.05, 0) is 19.9 Å². The van der Waals surface area contributed by atoms with Gasteiger partial charge in [0.15, 0.2) is 0 Å². The lowest BCUT2D eigenvalue weighted by molar-refractivity contribution is 0.0698. The van der Waals surface area contributed by atoms with Gasteiger partial charge in [0.1, 0.15) is 4.90 Å². The van der Waals surface area contributed by atoms with Gasteiger partial charge in [-0.1, -0.05) is 0 Å². The third-order valence-electron chi connectivity index (χ3n) is 4.65. The number of aryl methyl sites for hydroxylation is 3. The van der Waals surface area contributed by atoms with E-state index in [0.29, 0.717) is 30.0 Å².